The number of halogens is 2. The highest BCUT2D eigenvalue weighted by Crippen LogP contribution is 2.36. The van der Waals surface area contributed by atoms with Crippen LogP contribution >= 0.6 is 27.5 Å². The predicted octanol–water partition coefficient (Wildman–Crippen LogP) is 3.39. The molecule has 0 atom stereocenters. The molecule has 1 aliphatic rings. The SMILES string of the molecule is O=C(CNc1ccc(Br)cc1)N/N=C\c1cc2c(cc1Cl)OCO2. The molecule has 0 unspecified atom stereocenters. The number of benzene rings is 2. The molecule has 1 amide bonds. The Balaban J connectivity index is 1.52. The average Bonchev–Trinajstić information content (AvgIpc) is 3.01. The van der Waals surface area contributed by atoms with E-state index in [1.54, 1.807) is 12.1 Å². The molecule has 124 valence electrons. The van der Waals surface area contributed by atoms with E-state index in [2.05, 4.69) is 31.8 Å². The van der Waals surface area contributed by atoms with Crippen molar-refractivity contribution in [3.8, 4) is 11.5 Å². The van der Waals surface area contributed by atoms with Crippen molar-refractivity contribution in [1.29, 1.82) is 0 Å². The van der Waals surface area contributed by atoms with Crippen LogP contribution in [0.1, 0.15) is 5.56 Å². The first-order chi connectivity index (χ1) is 11.6. The Morgan fingerprint density at radius 2 is 1.96 bits per heavy atom. The van der Waals surface area contributed by atoms with Gasteiger partial charge in [0.25, 0.3) is 5.91 Å². The van der Waals surface area contributed by atoms with Gasteiger partial charge in [0.2, 0.25) is 6.79 Å². The van der Waals surface area contributed by atoms with Gasteiger partial charge < -0.3 is 14.8 Å². The summed E-state index contributed by atoms with van der Waals surface area (Å²) in [7, 11) is 0. The molecular weight excluding hydrogens is 398 g/mol. The third kappa shape index (κ3) is 4.18. The Morgan fingerprint density at radius 3 is 2.71 bits per heavy atom. The van der Waals surface area contributed by atoms with Crippen molar-refractivity contribution in [2.45, 2.75) is 0 Å². The van der Waals surface area contributed by atoms with Gasteiger partial charge in [-0.05, 0) is 30.3 Å². The average molecular weight is 411 g/mol. The number of hydrogen-bond acceptors (Lipinski definition) is 5. The van der Waals surface area contributed by atoms with Gasteiger partial charge in [-0.2, -0.15) is 5.10 Å². The molecule has 6 nitrogen and oxygen atoms in total. The lowest BCUT2D eigenvalue weighted by atomic mass is 10.2. The van der Waals surface area contributed by atoms with Gasteiger partial charge in [-0.15, -0.1) is 0 Å². The number of nitrogens with one attached hydrogen (secondary N) is 2. The molecule has 0 radical (unpaired) electrons. The normalized spacial score (nSPS) is 12.4. The molecule has 0 spiro atoms. The lowest BCUT2D eigenvalue weighted by molar-refractivity contribution is -0.119. The van der Waals surface area contributed by atoms with Gasteiger partial charge in [-0.25, -0.2) is 5.43 Å². The summed E-state index contributed by atoms with van der Waals surface area (Å²) in [5, 5.41) is 7.36. The molecule has 8 heteroatoms. The Kier molecular flexibility index (Phi) is 5.22. The molecule has 1 heterocycles. The van der Waals surface area contributed by atoms with Crippen LogP contribution in [-0.2, 0) is 4.79 Å². The van der Waals surface area contributed by atoms with Crippen LogP contribution < -0.4 is 20.2 Å². The third-order valence-corrected chi connectivity index (χ3v) is 4.04. The summed E-state index contributed by atoms with van der Waals surface area (Å²) < 4.78 is 11.5. The molecule has 2 aromatic carbocycles. The summed E-state index contributed by atoms with van der Waals surface area (Å²) >= 11 is 9.47. The summed E-state index contributed by atoms with van der Waals surface area (Å²) in [6.45, 7) is 0.276. The zero-order valence-corrected chi connectivity index (χ0v) is 14.7. The Bertz CT molecular complexity index is 781. The highest BCUT2D eigenvalue weighted by atomic mass is 79.9. The summed E-state index contributed by atoms with van der Waals surface area (Å²) in [6, 6.07) is 10.9. The number of anilines is 1. The zero-order chi connectivity index (χ0) is 16.9. The molecule has 1 aliphatic heterocycles. The molecule has 0 saturated heterocycles. The second kappa shape index (κ2) is 7.55. The van der Waals surface area contributed by atoms with Crippen molar-refractivity contribution in [1.82, 2.24) is 5.43 Å². The lowest BCUT2D eigenvalue weighted by Gasteiger charge is -2.05. The van der Waals surface area contributed by atoms with E-state index in [1.165, 1.54) is 6.21 Å². The van der Waals surface area contributed by atoms with Crippen LogP contribution in [0, 0.1) is 0 Å². The lowest BCUT2D eigenvalue weighted by Crippen LogP contribution is -2.25. The summed E-state index contributed by atoms with van der Waals surface area (Å²) in [4.78, 5) is 11.8. The number of carbonyl (C=O) groups is 1. The molecule has 0 saturated carbocycles. The van der Waals surface area contributed by atoms with Gasteiger partial charge in [-0.3, -0.25) is 4.79 Å². The van der Waals surface area contributed by atoms with Gasteiger partial charge >= 0.3 is 0 Å². The molecule has 0 aliphatic carbocycles. The fourth-order valence-corrected chi connectivity index (χ4v) is 2.46. The molecule has 0 bridgehead atoms. The largest absolute Gasteiger partial charge is 0.454 e. The first-order valence-corrected chi connectivity index (χ1v) is 8.19. The van der Waals surface area contributed by atoms with Gasteiger partial charge in [0, 0.05) is 21.8 Å². The maximum Gasteiger partial charge on any atom is 0.259 e. The van der Waals surface area contributed by atoms with Gasteiger partial charge in [0.15, 0.2) is 11.5 Å². The minimum Gasteiger partial charge on any atom is -0.454 e. The Morgan fingerprint density at radius 1 is 1.25 bits per heavy atom. The molecule has 2 N–H and O–H groups in total. The number of nitrogens with zero attached hydrogens (tertiary/aromatic N) is 1. The van der Waals surface area contributed by atoms with E-state index in [4.69, 9.17) is 21.1 Å². The van der Waals surface area contributed by atoms with E-state index < -0.39 is 0 Å². The minimum atomic E-state index is -0.272. The van der Waals surface area contributed by atoms with Crippen molar-refractivity contribution >= 4 is 45.3 Å². The van der Waals surface area contributed by atoms with Crippen LogP contribution in [0.25, 0.3) is 0 Å². The second-order valence-corrected chi connectivity index (χ2v) is 6.20. The van der Waals surface area contributed by atoms with Gasteiger partial charge in [-0.1, -0.05) is 27.5 Å². The maximum absolute atomic E-state index is 11.8. The van der Waals surface area contributed by atoms with Crippen molar-refractivity contribution < 1.29 is 14.3 Å². The fraction of sp³-hybridized carbons (Fsp3) is 0.125. The Hall–Kier alpha value is -2.25. The van der Waals surface area contributed by atoms with Crippen LogP contribution in [-0.4, -0.2) is 25.5 Å². The number of hydrazone groups is 1. The summed E-state index contributed by atoms with van der Waals surface area (Å²) in [5.41, 5.74) is 3.91. The number of rotatable bonds is 5. The van der Waals surface area contributed by atoms with Crippen LogP contribution in [0.5, 0.6) is 11.5 Å². The number of carbonyl (C=O) groups excluding carboxylic acids is 1. The van der Waals surface area contributed by atoms with E-state index in [9.17, 15) is 4.79 Å². The number of fused-ring (bicyclic) bond motifs is 1. The Labute approximate surface area is 151 Å². The van der Waals surface area contributed by atoms with Crippen molar-refractivity contribution in [2.75, 3.05) is 18.7 Å². The highest BCUT2D eigenvalue weighted by Gasteiger charge is 2.15. The maximum atomic E-state index is 11.8. The first kappa shape index (κ1) is 16.6. The van der Waals surface area contributed by atoms with E-state index in [0.29, 0.717) is 22.1 Å². The van der Waals surface area contributed by atoms with Gasteiger partial charge in [0.1, 0.15) is 0 Å². The van der Waals surface area contributed by atoms with Crippen molar-refractivity contribution in [3.05, 3.63) is 51.5 Å². The molecule has 3 rings (SSSR count). The monoisotopic (exact) mass is 409 g/mol. The topological polar surface area (TPSA) is 72.0 Å². The molecule has 0 fully saturated rings. The van der Waals surface area contributed by atoms with E-state index in [0.717, 1.165) is 10.2 Å². The quantitative estimate of drug-likeness (QED) is 0.585. The first-order valence-electron chi connectivity index (χ1n) is 7.02. The predicted molar refractivity (Wildman–Crippen MR) is 95.9 cm³/mol. The van der Waals surface area contributed by atoms with E-state index in [-0.39, 0.29) is 19.2 Å². The summed E-state index contributed by atoms with van der Waals surface area (Å²) in [6.07, 6.45) is 1.46. The zero-order valence-electron chi connectivity index (χ0n) is 12.4. The number of ether oxygens (including phenoxy) is 2. The summed E-state index contributed by atoms with van der Waals surface area (Å²) in [5.74, 6) is 0.926. The smallest absolute Gasteiger partial charge is 0.259 e. The molecular formula is C16H13BrClN3O3. The van der Waals surface area contributed by atoms with Crippen LogP contribution in [0.2, 0.25) is 5.02 Å². The molecule has 24 heavy (non-hydrogen) atoms. The third-order valence-electron chi connectivity index (χ3n) is 3.18. The second-order valence-electron chi connectivity index (χ2n) is 4.88. The molecule has 0 aromatic heterocycles. The fourth-order valence-electron chi connectivity index (χ4n) is 2.00. The standard InChI is InChI=1S/C16H13BrClN3O3/c17-11-1-3-12(4-2-11)19-8-16(22)21-20-7-10-5-14-15(6-13(10)18)24-9-23-14/h1-7,19H,8-9H2,(H,21,22)/b20-7-. The van der Waals surface area contributed by atoms with Gasteiger partial charge in [0.05, 0.1) is 17.8 Å². The highest BCUT2D eigenvalue weighted by molar-refractivity contribution is 9.10. The van der Waals surface area contributed by atoms with E-state index in [1.807, 2.05) is 24.3 Å². The molecule has 2 aromatic rings. The van der Waals surface area contributed by atoms with Crippen LogP contribution in [0.4, 0.5) is 5.69 Å². The minimum absolute atomic E-state index is 0.105. The van der Waals surface area contributed by atoms with Crippen LogP contribution in [0.15, 0.2) is 46.0 Å². The van der Waals surface area contributed by atoms with Crippen molar-refractivity contribution in [3.63, 3.8) is 0 Å². The van der Waals surface area contributed by atoms with Crippen molar-refractivity contribution in [2.24, 2.45) is 5.10 Å². The number of hydrogen-bond donors (Lipinski definition) is 2. The number of amides is 1. The van der Waals surface area contributed by atoms with E-state index >= 15 is 0 Å². The van der Waals surface area contributed by atoms with Crippen LogP contribution in [0.3, 0.4) is 0 Å².